The Morgan fingerprint density at radius 1 is 1.14 bits per heavy atom. The lowest BCUT2D eigenvalue weighted by atomic mass is 9.65. The van der Waals surface area contributed by atoms with Gasteiger partial charge >= 0.3 is 0 Å². The van der Waals surface area contributed by atoms with E-state index in [0.29, 0.717) is 22.8 Å². The lowest BCUT2D eigenvalue weighted by Gasteiger charge is -2.42. The van der Waals surface area contributed by atoms with Gasteiger partial charge in [0.1, 0.15) is 0 Å². The van der Waals surface area contributed by atoms with E-state index < -0.39 is 0 Å². The molecule has 0 aromatic carbocycles. The van der Waals surface area contributed by atoms with Gasteiger partial charge in [-0.3, -0.25) is 4.79 Å². The molecular weight excluding hydrogens is 260 g/mol. The molecule has 1 N–H and O–H groups in total. The number of carbonyl (C=O) groups is 1. The van der Waals surface area contributed by atoms with Crippen LogP contribution in [0.4, 0.5) is 0 Å². The Balaban J connectivity index is 1.80. The number of rotatable bonds is 1. The summed E-state index contributed by atoms with van der Waals surface area (Å²) in [6.45, 7) is 13.6. The Morgan fingerprint density at radius 2 is 1.86 bits per heavy atom. The van der Waals surface area contributed by atoms with Gasteiger partial charge in [-0.2, -0.15) is 0 Å². The van der Waals surface area contributed by atoms with Gasteiger partial charge in [0.15, 0.2) is 0 Å². The van der Waals surface area contributed by atoms with Crippen molar-refractivity contribution in [2.24, 2.45) is 16.2 Å². The molecule has 3 fully saturated rings. The zero-order chi connectivity index (χ0) is 15.5. The quantitative estimate of drug-likeness (QED) is 0.805. The lowest BCUT2D eigenvalue weighted by molar-refractivity contribution is -0.138. The maximum atomic E-state index is 13.2. The number of piperidine rings is 1. The normalized spacial score (nSPS) is 41.1. The number of likely N-dealkylation sites (tertiary alicyclic amines) is 1. The van der Waals surface area contributed by atoms with Gasteiger partial charge in [0.2, 0.25) is 5.91 Å². The molecule has 2 aliphatic heterocycles. The van der Waals surface area contributed by atoms with Crippen LogP contribution < -0.4 is 5.32 Å². The van der Waals surface area contributed by atoms with E-state index in [4.69, 9.17) is 0 Å². The van der Waals surface area contributed by atoms with Crippen molar-refractivity contribution in [1.29, 1.82) is 0 Å². The third-order valence-electron chi connectivity index (χ3n) is 6.07. The SMILES string of the molecule is CC1(C)CC2CC(C)(CN2C(=O)C2NCCCC2(C)C)C1. The van der Waals surface area contributed by atoms with Gasteiger partial charge in [0.05, 0.1) is 6.04 Å². The van der Waals surface area contributed by atoms with Crippen molar-refractivity contribution in [1.82, 2.24) is 10.2 Å². The molecule has 3 nitrogen and oxygen atoms in total. The number of nitrogens with one attached hydrogen (secondary N) is 1. The highest BCUT2D eigenvalue weighted by Gasteiger charge is 2.53. The molecule has 3 atom stereocenters. The smallest absolute Gasteiger partial charge is 0.240 e. The summed E-state index contributed by atoms with van der Waals surface area (Å²) in [6, 6.07) is 0.475. The van der Waals surface area contributed by atoms with Crippen LogP contribution in [-0.2, 0) is 4.79 Å². The van der Waals surface area contributed by atoms with Crippen molar-refractivity contribution in [3.63, 3.8) is 0 Å². The fourth-order valence-electron chi connectivity index (χ4n) is 5.52. The number of nitrogens with zero attached hydrogens (tertiary/aromatic N) is 1. The number of hydrogen-bond donors (Lipinski definition) is 1. The second-order valence-corrected chi connectivity index (χ2v) is 9.66. The van der Waals surface area contributed by atoms with E-state index in [0.717, 1.165) is 19.5 Å². The van der Waals surface area contributed by atoms with Crippen LogP contribution in [0.3, 0.4) is 0 Å². The molecule has 21 heavy (non-hydrogen) atoms. The maximum Gasteiger partial charge on any atom is 0.240 e. The summed E-state index contributed by atoms with van der Waals surface area (Å²) in [4.78, 5) is 15.4. The molecule has 120 valence electrons. The minimum absolute atomic E-state index is 0.0114. The van der Waals surface area contributed by atoms with Crippen LogP contribution in [0.25, 0.3) is 0 Å². The first kappa shape index (κ1) is 15.3. The van der Waals surface area contributed by atoms with E-state index in [1.165, 1.54) is 25.7 Å². The summed E-state index contributed by atoms with van der Waals surface area (Å²) in [7, 11) is 0. The number of hydrogen-bond acceptors (Lipinski definition) is 2. The summed E-state index contributed by atoms with van der Waals surface area (Å²) in [6.07, 6.45) is 5.96. The highest BCUT2D eigenvalue weighted by molar-refractivity contribution is 5.83. The first-order valence-electron chi connectivity index (χ1n) is 8.66. The van der Waals surface area contributed by atoms with Crippen LogP contribution in [0.15, 0.2) is 0 Å². The maximum absolute atomic E-state index is 13.2. The molecular formula is C18H32N2O. The van der Waals surface area contributed by atoms with Crippen LogP contribution >= 0.6 is 0 Å². The van der Waals surface area contributed by atoms with Crippen LogP contribution in [0, 0.1) is 16.2 Å². The minimum atomic E-state index is 0.0114. The Labute approximate surface area is 129 Å². The standard InChI is InChI=1S/C18H32N2O/c1-16(2)9-13-10-18(5,11-16)12-20(13)15(21)14-17(3,4)7-6-8-19-14/h13-14,19H,6-12H2,1-5H3. The van der Waals surface area contributed by atoms with Gasteiger partial charge in [0, 0.05) is 12.6 Å². The molecule has 2 heterocycles. The predicted octanol–water partition coefficient (Wildman–Crippen LogP) is 3.19. The van der Waals surface area contributed by atoms with E-state index in [-0.39, 0.29) is 11.5 Å². The third kappa shape index (κ3) is 2.74. The molecule has 0 aromatic rings. The van der Waals surface area contributed by atoms with Crippen LogP contribution in [0.2, 0.25) is 0 Å². The molecule has 0 aromatic heterocycles. The Bertz CT molecular complexity index is 442. The van der Waals surface area contributed by atoms with Crippen molar-refractivity contribution >= 4 is 5.91 Å². The van der Waals surface area contributed by atoms with Gasteiger partial charge in [0.25, 0.3) is 0 Å². The van der Waals surface area contributed by atoms with Gasteiger partial charge in [-0.15, -0.1) is 0 Å². The average molecular weight is 292 g/mol. The van der Waals surface area contributed by atoms with E-state index in [9.17, 15) is 4.79 Å². The largest absolute Gasteiger partial charge is 0.338 e. The molecule has 2 saturated heterocycles. The highest BCUT2D eigenvalue weighted by atomic mass is 16.2. The average Bonchev–Trinajstić information content (AvgIpc) is 2.57. The van der Waals surface area contributed by atoms with Gasteiger partial charge in [-0.05, 0) is 54.9 Å². The van der Waals surface area contributed by atoms with Crippen molar-refractivity contribution in [2.75, 3.05) is 13.1 Å². The minimum Gasteiger partial charge on any atom is -0.338 e. The van der Waals surface area contributed by atoms with Crippen LogP contribution in [0.1, 0.15) is 66.7 Å². The summed E-state index contributed by atoms with van der Waals surface area (Å²) < 4.78 is 0. The van der Waals surface area contributed by atoms with E-state index >= 15 is 0 Å². The monoisotopic (exact) mass is 292 g/mol. The van der Waals surface area contributed by atoms with Crippen LogP contribution in [0.5, 0.6) is 0 Å². The first-order chi connectivity index (χ1) is 9.62. The molecule has 3 aliphatic rings. The van der Waals surface area contributed by atoms with Crippen molar-refractivity contribution in [3.05, 3.63) is 0 Å². The summed E-state index contributed by atoms with van der Waals surface area (Å²) in [5, 5.41) is 3.51. The lowest BCUT2D eigenvalue weighted by Crippen LogP contribution is -2.57. The second kappa shape index (κ2) is 4.71. The molecule has 3 rings (SSSR count). The number of amides is 1. The molecule has 2 bridgehead atoms. The summed E-state index contributed by atoms with van der Waals surface area (Å²) >= 11 is 0. The Kier molecular flexibility index (Phi) is 3.44. The molecule has 0 spiro atoms. The third-order valence-corrected chi connectivity index (χ3v) is 6.07. The Morgan fingerprint density at radius 3 is 2.52 bits per heavy atom. The molecule has 1 saturated carbocycles. The van der Waals surface area contributed by atoms with E-state index in [1.807, 2.05) is 0 Å². The Hall–Kier alpha value is -0.570. The fraction of sp³-hybridized carbons (Fsp3) is 0.944. The van der Waals surface area contributed by atoms with E-state index in [1.54, 1.807) is 0 Å². The van der Waals surface area contributed by atoms with E-state index in [2.05, 4.69) is 44.8 Å². The summed E-state index contributed by atoms with van der Waals surface area (Å²) in [5.41, 5.74) is 0.797. The molecule has 3 heteroatoms. The predicted molar refractivity (Wildman–Crippen MR) is 86.0 cm³/mol. The van der Waals surface area contributed by atoms with Crippen LogP contribution in [-0.4, -0.2) is 36.0 Å². The zero-order valence-corrected chi connectivity index (χ0v) is 14.5. The highest BCUT2D eigenvalue weighted by Crippen LogP contribution is 2.52. The molecule has 1 aliphatic carbocycles. The molecule has 0 radical (unpaired) electrons. The van der Waals surface area contributed by atoms with Gasteiger partial charge in [-0.25, -0.2) is 0 Å². The van der Waals surface area contributed by atoms with Gasteiger partial charge in [-0.1, -0.05) is 34.6 Å². The topological polar surface area (TPSA) is 32.3 Å². The van der Waals surface area contributed by atoms with Gasteiger partial charge < -0.3 is 10.2 Å². The zero-order valence-electron chi connectivity index (χ0n) is 14.5. The van der Waals surface area contributed by atoms with Crippen molar-refractivity contribution in [2.45, 2.75) is 78.8 Å². The summed E-state index contributed by atoms with van der Waals surface area (Å²) in [5.74, 6) is 0.367. The van der Waals surface area contributed by atoms with Crippen molar-refractivity contribution < 1.29 is 4.79 Å². The molecule has 3 unspecified atom stereocenters. The number of fused-ring (bicyclic) bond motifs is 2. The fourth-order valence-corrected chi connectivity index (χ4v) is 5.52. The second-order valence-electron chi connectivity index (χ2n) is 9.66. The number of carbonyl (C=O) groups excluding carboxylic acids is 1. The first-order valence-corrected chi connectivity index (χ1v) is 8.66. The molecule has 1 amide bonds. The van der Waals surface area contributed by atoms with Crippen molar-refractivity contribution in [3.8, 4) is 0 Å².